The van der Waals surface area contributed by atoms with E-state index in [0.29, 0.717) is 44.5 Å². The zero-order valence-corrected chi connectivity index (χ0v) is 20.1. The van der Waals surface area contributed by atoms with Crippen molar-refractivity contribution in [2.45, 2.75) is 30.0 Å². The highest BCUT2D eigenvalue weighted by molar-refractivity contribution is 8.00. The van der Waals surface area contributed by atoms with Crippen molar-refractivity contribution in [1.82, 2.24) is 20.0 Å². The number of esters is 1. The van der Waals surface area contributed by atoms with E-state index in [2.05, 4.69) is 20.6 Å². The molecule has 0 unspecified atom stereocenters. The Morgan fingerprint density at radius 1 is 1.09 bits per heavy atom. The average Bonchev–Trinajstić information content (AvgIpc) is 3.31. The zero-order chi connectivity index (χ0) is 24.1. The topological polar surface area (TPSA) is 116 Å². The number of methoxy groups -OCH3 is 1. The van der Waals surface area contributed by atoms with Crippen LogP contribution in [0.2, 0.25) is 0 Å². The van der Waals surface area contributed by atoms with Crippen molar-refractivity contribution in [2.75, 3.05) is 12.4 Å². The Morgan fingerprint density at radius 2 is 1.82 bits per heavy atom. The number of thioether (sulfide) groups is 1. The van der Waals surface area contributed by atoms with Gasteiger partial charge in [0, 0.05) is 17.7 Å². The quantitative estimate of drug-likeness (QED) is 0.222. The summed E-state index contributed by atoms with van der Waals surface area (Å²) in [5.41, 5.74) is 1.44. The van der Waals surface area contributed by atoms with Gasteiger partial charge < -0.3 is 4.74 Å². The molecule has 2 aromatic carbocycles. The number of nitrogens with zero attached hydrogens (tertiary/aromatic N) is 4. The van der Waals surface area contributed by atoms with Gasteiger partial charge >= 0.3 is 5.97 Å². The molecule has 1 N–H and O–H groups in total. The lowest BCUT2D eigenvalue weighted by Gasteiger charge is -2.09. The second kappa shape index (κ2) is 10.6. The van der Waals surface area contributed by atoms with Crippen LogP contribution in [0.5, 0.6) is 0 Å². The molecule has 2 aromatic heterocycles. The maximum Gasteiger partial charge on any atom is 0.337 e. The smallest absolute Gasteiger partial charge is 0.337 e. The molecular weight excluding hydrogens is 474 g/mol. The van der Waals surface area contributed by atoms with Crippen LogP contribution in [-0.2, 0) is 17.0 Å². The van der Waals surface area contributed by atoms with Crippen molar-refractivity contribution in [3.63, 3.8) is 0 Å². The molecular formula is C23H21N5O4S2. The van der Waals surface area contributed by atoms with Crippen LogP contribution in [0.1, 0.15) is 39.8 Å². The Morgan fingerprint density at radius 3 is 2.53 bits per heavy atom. The molecule has 4 rings (SSSR count). The van der Waals surface area contributed by atoms with Gasteiger partial charge in [-0.3, -0.25) is 14.9 Å². The SMILES string of the molecule is CCCn1nc(C(=O)Nc2nnc(SCc3ccc(C(=O)OC)cc3)s2)c2ccccc2c1=O. The number of anilines is 1. The van der Waals surface area contributed by atoms with Gasteiger partial charge in [-0.05, 0) is 30.2 Å². The number of aromatic nitrogens is 4. The third-order valence-corrected chi connectivity index (χ3v) is 6.93. The van der Waals surface area contributed by atoms with Gasteiger partial charge in [-0.15, -0.1) is 10.2 Å². The number of rotatable bonds is 8. The summed E-state index contributed by atoms with van der Waals surface area (Å²) in [6, 6.07) is 14.1. The average molecular weight is 496 g/mol. The lowest BCUT2D eigenvalue weighted by molar-refractivity contribution is 0.0600. The van der Waals surface area contributed by atoms with Crippen molar-refractivity contribution in [3.8, 4) is 0 Å². The lowest BCUT2D eigenvalue weighted by Crippen LogP contribution is -2.27. The molecule has 0 saturated heterocycles. The van der Waals surface area contributed by atoms with Crippen molar-refractivity contribution in [3.05, 3.63) is 75.7 Å². The van der Waals surface area contributed by atoms with Gasteiger partial charge in [0.25, 0.3) is 11.5 Å². The third-order valence-electron chi connectivity index (χ3n) is 4.88. The summed E-state index contributed by atoms with van der Waals surface area (Å²) in [6.45, 7) is 2.36. The second-order valence-electron chi connectivity index (χ2n) is 7.23. The molecule has 0 aliphatic carbocycles. The molecule has 0 spiro atoms. The highest BCUT2D eigenvalue weighted by Crippen LogP contribution is 2.29. The van der Waals surface area contributed by atoms with Gasteiger partial charge in [-0.1, -0.05) is 60.4 Å². The normalized spacial score (nSPS) is 10.9. The van der Waals surface area contributed by atoms with Crippen LogP contribution in [0.25, 0.3) is 10.8 Å². The van der Waals surface area contributed by atoms with Gasteiger partial charge in [0.1, 0.15) is 0 Å². The number of hydrogen-bond donors (Lipinski definition) is 1. The lowest BCUT2D eigenvalue weighted by atomic mass is 10.1. The first-order valence-corrected chi connectivity index (χ1v) is 12.2. The summed E-state index contributed by atoms with van der Waals surface area (Å²) in [5, 5.41) is 16.5. The van der Waals surface area contributed by atoms with E-state index in [4.69, 9.17) is 4.74 Å². The summed E-state index contributed by atoms with van der Waals surface area (Å²) in [5.74, 6) is -0.207. The van der Waals surface area contributed by atoms with E-state index in [1.807, 2.05) is 19.1 Å². The first-order chi connectivity index (χ1) is 16.5. The van der Waals surface area contributed by atoms with Crippen LogP contribution >= 0.6 is 23.1 Å². The number of carbonyl (C=O) groups excluding carboxylic acids is 2. The van der Waals surface area contributed by atoms with Crippen LogP contribution in [0.3, 0.4) is 0 Å². The number of ether oxygens (including phenoxy) is 1. The minimum atomic E-state index is -0.452. The van der Waals surface area contributed by atoms with Gasteiger partial charge in [0.05, 0.1) is 18.1 Å². The predicted octanol–water partition coefficient (Wildman–Crippen LogP) is 3.99. The van der Waals surface area contributed by atoms with Gasteiger partial charge in [-0.25, -0.2) is 9.48 Å². The zero-order valence-electron chi connectivity index (χ0n) is 18.5. The van der Waals surface area contributed by atoms with E-state index in [9.17, 15) is 14.4 Å². The number of nitrogens with one attached hydrogen (secondary N) is 1. The highest BCUT2D eigenvalue weighted by atomic mass is 32.2. The number of hydrogen-bond acceptors (Lipinski definition) is 9. The molecule has 0 saturated carbocycles. The van der Waals surface area contributed by atoms with Crippen LogP contribution in [0, 0.1) is 0 Å². The van der Waals surface area contributed by atoms with Gasteiger partial charge in [0.2, 0.25) is 5.13 Å². The van der Waals surface area contributed by atoms with Crippen LogP contribution in [0.4, 0.5) is 5.13 Å². The Bertz CT molecular complexity index is 1400. The summed E-state index contributed by atoms with van der Waals surface area (Å²) in [6.07, 6.45) is 0.717. The largest absolute Gasteiger partial charge is 0.465 e. The molecule has 1 amide bonds. The fourth-order valence-electron chi connectivity index (χ4n) is 3.24. The molecule has 174 valence electrons. The molecule has 11 heteroatoms. The van der Waals surface area contributed by atoms with Gasteiger partial charge in [-0.2, -0.15) is 5.10 Å². The van der Waals surface area contributed by atoms with E-state index >= 15 is 0 Å². The first-order valence-electron chi connectivity index (χ1n) is 10.4. The van der Waals surface area contributed by atoms with Gasteiger partial charge in [0.15, 0.2) is 10.0 Å². The highest BCUT2D eigenvalue weighted by Gasteiger charge is 2.18. The standard InChI is InChI=1S/C23H21N5O4S2/c1-3-12-28-20(30)17-7-5-4-6-16(17)18(27-28)19(29)24-22-25-26-23(34-22)33-13-14-8-10-15(11-9-14)21(31)32-2/h4-11H,3,12-13H2,1-2H3,(H,24,25,29). The molecule has 0 aliphatic rings. The molecule has 4 aromatic rings. The van der Waals surface area contributed by atoms with E-state index in [1.165, 1.54) is 34.9 Å². The molecule has 0 atom stereocenters. The fraction of sp³-hybridized carbons (Fsp3) is 0.217. The number of fused-ring (bicyclic) bond motifs is 1. The third kappa shape index (κ3) is 5.15. The number of aryl methyl sites for hydroxylation is 1. The Labute approximate surface area is 203 Å². The minimum Gasteiger partial charge on any atom is -0.465 e. The molecule has 0 radical (unpaired) electrons. The first kappa shape index (κ1) is 23.6. The predicted molar refractivity (Wildman–Crippen MR) is 131 cm³/mol. The summed E-state index contributed by atoms with van der Waals surface area (Å²) >= 11 is 2.72. The van der Waals surface area contributed by atoms with E-state index in [-0.39, 0.29) is 17.2 Å². The van der Waals surface area contributed by atoms with E-state index < -0.39 is 5.91 Å². The van der Waals surface area contributed by atoms with E-state index in [1.54, 1.807) is 36.4 Å². The second-order valence-corrected chi connectivity index (χ2v) is 9.43. The molecule has 9 nitrogen and oxygen atoms in total. The summed E-state index contributed by atoms with van der Waals surface area (Å²) < 4.78 is 6.71. The molecule has 0 bridgehead atoms. The number of benzene rings is 2. The van der Waals surface area contributed by atoms with Crippen LogP contribution in [-0.4, -0.2) is 39.0 Å². The maximum atomic E-state index is 13.0. The summed E-state index contributed by atoms with van der Waals surface area (Å²) in [7, 11) is 1.35. The van der Waals surface area contributed by atoms with Crippen LogP contribution in [0.15, 0.2) is 57.7 Å². The molecule has 2 heterocycles. The Balaban J connectivity index is 1.46. The van der Waals surface area contributed by atoms with Crippen molar-refractivity contribution < 1.29 is 14.3 Å². The van der Waals surface area contributed by atoms with Crippen molar-refractivity contribution >= 4 is 50.9 Å². The van der Waals surface area contributed by atoms with Crippen molar-refractivity contribution in [1.29, 1.82) is 0 Å². The fourth-order valence-corrected chi connectivity index (χ4v) is 4.94. The van der Waals surface area contributed by atoms with E-state index in [0.717, 1.165) is 5.56 Å². The molecule has 34 heavy (non-hydrogen) atoms. The Hall–Kier alpha value is -3.57. The molecule has 0 fully saturated rings. The summed E-state index contributed by atoms with van der Waals surface area (Å²) in [4.78, 5) is 37.2. The number of amides is 1. The monoisotopic (exact) mass is 495 g/mol. The molecule has 0 aliphatic heterocycles. The van der Waals surface area contributed by atoms with Crippen LogP contribution < -0.4 is 10.9 Å². The van der Waals surface area contributed by atoms with Crippen molar-refractivity contribution in [2.24, 2.45) is 0 Å². The minimum absolute atomic E-state index is 0.166. The Kier molecular flexibility index (Phi) is 7.33. The number of carbonyl (C=O) groups is 2. The maximum absolute atomic E-state index is 13.0.